The molecule has 0 spiro atoms. The average Bonchev–Trinajstić information content (AvgIpc) is 2.34. The van der Waals surface area contributed by atoms with Gasteiger partial charge in [0.25, 0.3) is 0 Å². The van der Waals surface area contributed by atoms with Crippen molar-refractivity contribution in [2.45, 2.75) is 13.8 Å². The maximum atomic E-state index is 11.5. The minimum absolute atomic E-state index is 0.163. The number of benzene rings is 1. The Labute approximate surface area is 118 Å². The molecule has 104 valence electrons. The lowest BCUT2D eigenvalue weighted by atomic mass is 10.2. The molecule has 5 nitrogen and oxygen atoms in total. The fourth-order valence-electron chi connectivity index (χ4n) is 1.21. The summed E-state index contributed by atoms with van der Waals surface area (Å²) in [5.74, 6) is 0.875. The maximum absolute atomic E-state index is 11.5. The largest absolute Gasteiger partial charge is 0.486 e. The molecule has 1 amide bonds. The maximum Gasteiger partial charge on any atom is 0.411 e. The van der Waals surface area contributed by atoms with E-state index in [9.17, 15) is 4.79 Å². The van der Waals surface area contributed by atoms with E-state index in [1.165, 1.54) is 0 Å². The van der Waals surface area contributed by atoms with Gasteiger partial charge >= 0.3 is 6.09 Å². The van der Waals surface area contributed by atoms with E-state index in [1.807, 2.05) is 13.8 Å². The number of carbonyl (C=O) groups is 1. The zero-order chi connectivity index (χ0) is 14.3. The Morgan fingerprint density at radius 3 is 2.84 bits per heavy atom. The van der Waals surface area contributed by atoms with Crippen LogP contribution in [0.15, 0.2) is 24.3 Å². The van der Waals surface area contributed by atoms with E-state index in [-0.39, 0.29) is 11.6 Å². The van der Waals surface area contributed by atoms with E-state index in [4.69, 9.17) is 27.4 Å². The standard InChI is InChI=1S/C13H18N2O3S/c1-9(2)7-18-13(16)15-10-4-3-5-11(6-10)17-8-12(14)19/h3-6,9H,7-8H2,1-2H3,(H2,14,19)(H,15,16). The lowest BCUT2D eigenvalue weighted by Gasteiger charge is -2.10. The van der Waals surface area contributed by atoms with Gasteiger partial charge in [-0.1, -0.05) is 32.1 Å². The Morgan fingerprint density at radius 1 is 1.47 bits per heavy atom. The Morgan fingerprint density at radius 2 is 2.21 bits per heavy atom. The first-order valence-electron chi connectivity index (χ1n) is 5.92. The van der Waals surface area contributed by atoms with Gasteiger partial charge in [-0.05, 0) is 18.1 Å². The number of anilines is 1. The summed E-state index contributed by atoms with van der Waals surface area (Å²) in [6.45, 7) is 4.48. The molecule has 0 atom stereocenters. The third-order valence-corrected chi connectivity index (χ3v) is 2.13. The van der Waals surface area contributed by atoms with Crippen molar-refractivity contribution in [1.82, 2.24) is 0 Å². The van der Waals surface area contributed by atoms with Crippen molar-refractivity contribution >= 4 is 29.0 Å². The van der Waals surface area contributed by atoms with E-state index in [2.05, 4.69) is 5.32 Å². The number of hydrogen-bond donors (Lipinski definition) is 2. The Bertz CT molecular complexity index is 449. The van der Waals surface area contributed by atoms with Crippen LogP contribution in [-0.4, -0.2) is 24.3 Å². The molecular weight excluding hydrogens is 264 g/mol. The highest BCUT2D eigenvalue weighted by Gasteiger charge is 2.05. The van der Waals surface area contributed by atoms with Gasteiger partial charge in [-0.15, -0.1) is 0 Å². The van der Waals surface area contributed by atoms with Gasteiger partial charge in [-0.25, -0.2) is 4.79 Å². The van der Waals surface area contributed by atoms with Gasteiger partial charge in [0.1, 0.15) is 17.3 Å². The second-order valence-corrected chi connectivity index (χ2v) is 4.92. The number of thiocarbonyl (C=S) groups is 1. The normalized spacial score (nSPS) is 10.1. The fourth-order valence-corrected chi connectivity index (χ4v) is 1.27. The summed E-state index contributed by atoms with van der Waals surface area (Å²) in [7, 11) is 0. The van der Waals surface area contributed by atoms with Crippen molar-refractivity contribution in [3.63, 3.8) is 0 Å². The van der Waals surface area contributed by atoms with Crippen LogP contribution in [0.3, 0.4) is 0 Å². The molecule has 0 aliphatic heterocycles. The van der Waals surface area contributed by atoms with Crippen LogP contribution >= 0.6 is 12.2 Å². The summed E-state index contributed by atoms with van der Waals surface area (Å²) in [6.07, 6.45) is -0.486. The van der Waals surface area contributed by atoms with E-state index in [1.54, 1.807) is 24.3 Å². The van der Waals surface area contributed by atoms with E-state index in [0.717, 1.165) is 0 Å². The second kappa shape index (κ2) is 7.58. The summed E-state index contributed by atoms with van der Waals surface area (Å²) >= 11 is 4.72. The van der Waals surface area contributed by atoms with E-state index in [0.29, 0.717) is 24.0 Å². The van der Waals surface area contributed by atoms with Crippen LogP contribution in [0, 0.1) is 5.92 Å². The molecule has 0 radical (unpaired) electrons. The molecule has 0 heterocycles. The topological polar surface area (TPSA) is 73.6 Å². The monoisotopic (exact) mass is 282 g/mol. The van der Waals surface area contributed by atoms with Gasteiger partial charge in [0.2, 0.25) is 0 Å². The second-order valence-electron chi connectivity index (χ2n) is 4.40. The van der Waals surface area contributed by atoms with Crippen molar-refractivity contribution in [2.24, 2.45) is 11.7 Å². The molecule has 0 bridgehead atoms. The average molecular weight is 282 g/mol. The molecule has 3 N–H and O–H groups in total. The van der Waals surface area contributed by atoms with Crippen LogP contribution in [0.4, 0.5) is 10.5 Å². The van der Waals surface area contributed by atoms with Crippen molar-refractivity contribution in [3.05, 3.63) is 24.3 Å². The highest BCUT2D eigenvalue weighted by Crippen LogP contribution is 2.17. The molecular formula is C13H18N2O3S. The molecule has 0 aliphatic carbocycles. The smallest absolute Gasteiger partial charge is 0.411 e. The van der Waals surface area contributed by atoms with Crippen LogP contribution in [0.25, 0.3) is 0 Å². The fraction of sp³-hybridized carbons (Fsp3) is 0.385. The molecule has 0 unspecified atom stereocenters. The summed E-state index contributed by atoms with van der Waals surface area (Å²) in [5.41, 5.74) is 5.94. The van der Waals surface area contributed by atoms with Crippen LogP contribution in [-0.2, 0) is 4.74 Å². The zero-order valence-electron chi connectivity index (χ0n) is 11.0. The number of nitrogens with two attached hydrogens (primary N) is 1. The van der Waals surface area contributed by atoms with Gasteiger partial charge in [0.05, 0.1) is 6.61 Å². The van der Waals surface area contributed by atoms with Crippen molar-refractivity contribution in [2.75, 3.05) is 18.5 Å². The predicted molar refractivity (Wildman–Crippen MR) is 78.5 cm³/mol. The number of amides is 1. The Balaban J connectivity index is 2.51. The molecule has 0 saturated carbocycles. The summed E-state index contributed by atoms with van der Waals surface area (Å²) < 4.78 is 10.3. The minimum Gasteiger partial charge on any atom is -0.486 e. The van der Waals surface area contributed by atoms with Gasteiger partial charge in [-0.2, -0.15) is 0 Å². The number of hydrogen-bond acceptors (Lipinski definition) is 4. The molecule has 1 aromatic rings. The molecule has 1 aromatic carbocycles. The van der Waals surface area contributed by atoms with Gasteiger partial charge < -0.3 is 15.2 Å². The lowest BCUT2D eigenvalue weighted by molar-refractivity contribution is 0.147. The predicted octanol–water partition coefficient (Wildman–Crippen LogP) is 2.56. The van der Waals surface area contributed by atoms with Crippen molar-refractivity contribution in [1.29, 1.82) is 0 Å². The van der Waals surface area contributed by atoms with E-state index >= 15 is 0 Å². The van der Waals surface area contributed by atoms with Crippen LogP contribution in [0.5, 0.6) is 5.75 Å². The molecule has 0 aliphatic rings. The Kier molecular flexibility index (Phi) is 6.08. The quantitative estimate of drug-likeness (QED) is 0.784. The highest BCUT2D eigenvalue weighted by atomic mass is 32.1. The van der Waals surface area contributed by atoms with Crippen LogP contribution in [0.2, 0.25) is 0 Å². The SMILES string of the molecule is CC(C)COC(=O)Nc1cccc(OCC(N)=S)c1. The lowest BCUT2D eigenvalue weighted by Crippen LogP contribution is -2.18. The van der Waals surface area contributed by atoms with Crippen molar-refractivity contribution < 1.29 is 14.3 Å². The summed E-state index contributed by atoms with van der Waals surface area (Å²) in [4.78, 5) is 11.8. The number of nitrogens with one attached hydrogen (secondary N) is 1. The van der Waals surface area contributed by atoms with Gasteiger partial charge in [0, 0.05) is 11.8 Å². The molecule has 1 rings (SSSR count). The first kappa shape index (κ1) is 15.2. The van der Waals surface area contributed by atoms with Gasteiger partial charge in [-0.3, -0.25) is 5.32 Å². The summed E-state index contributed by atoms with van der Waals surface area (Å²) in [6, 6.07) is 6.93. The minimum atomic E-state index is -0.486. The first-order valence-corrected chi connectivity index (χ1v) is 6.33. The van der Waals surface area contributed by atoms with Crippen LogP contribution in [0.1, 0.15) is 13.8 Å². The third-order valence-electron chi connectivity index (χ3n) is 2.01. The first-order chi connectivity index (χ1) is 8.97. The van der Waals surface area contributed by atoms with Crippen LogP contribution < -0.4 is 15.8 Å². The third kappa shape index (κ3) is 6.61. The number of carbonyl (C=O) groups excluding carboxylic acids is 1. The zero-order valence-corrected chi connectivity index (χ0v) is 11.8. The van der Waals surface area contributed by atoms with Crippen molar-refractivity contribution in [3.8, 4) is 5.75 Å². The van der Waals surface area contributed by atoms with E-state index < -0.39 is 6.09 Å². The highest BCUT2D eigenvalue weighted by molar-refractivity contribution is 7.80. The number of rotatable bonds is 6. The van der Waals surface area contributed by atoms with Gasteiger partial charge in [0.15, 0.2) is 0 Å². The Hall–Kier alpha value is -1.82. The molecule has 0 fully saturated rings. The molecule has 19 heavy (non-hydrogen) atoms. The number of ether oxygens (including phenoxy) is 2. The molecule has 0 aromatic heterocycles. The molecule has 0 saturated heterocycles. The molecule has 6 heteroatoms. The summed E-state index contributed by atoms with van der Waals surface area (Å²) in [5, 5.41) is 2.62.